The molecule has 0 saturated heterocycles. The van der Waals surface area contributed by atoms with Gasteiger partial charge in [-0.05, 0) is 84.5 Å². The van der Waals surface area contributed by atoms with E-state index in [2.05, 4.69) is 10.6 Å². The molecule has 2 atom stereocenters. The van der Waals surface area contributed by atoms with Gasteiger partial charge >= 0.3 is 0 Å². The molecule has 0 bridgehead atoms. The first-order valence-electron chi connectivity index (χ1n) is 15.3. The Morgan fingerprint density at radius 3 is 2.24 bits per heavy atom. The van der Waals surface area contributed by atoms with Gasteiger partial charge in [0.05, 0.1) is 12.1 Å². The Bertz CT molecular complexity index is 1620. The molecule has 7 nitrogen and oxygen atoms in total. The number of amides is 2. The van der Waals surface area contributed by atoms with E-state index in [1.807, 2.05) is 44.2 Å². The molecular weight excluding hydrogens is 576 g/mol. The van der Waals surface area contributed by atoms with Crippen LogP contribution < -0.4 is 10.6 Å². The van der Waals surface area contributed by atoms with Gasteiger partial charge in [0.2, 0.25) is 0 Å². The van der Waals surface area contributed by atoms with Gasteiger partial charge in [0, 0.05) is 48.9 Å². The average Bonchev–Trinajstić information content (AvgIpc) is 3.00. The van der Waals surface area contributed by atoms with Crippen molar-refractivity contribution < 1.29 is 28.6 Å². The van der Waals surface area contributed by atoms with Gasteiger partial charge in [-0.2, -0.15) is 0 Å². The lowest BCUT2D eigenvalue weighted by molar-refractivity contribution is 0.0755. The number of phenolic OH excluding ortho intramolecular Hbond substituents is 1. The zero-order valence-corrected chi connectivity index (χ0v) is 25.9. The number of hydrogen-bond donors (Lipinski definition) is 4. The molecule has 0 unspecified atom stereocenters. The molecule has 4 rings (SSSR count). The summed E-state index contributed by atoms with van der Waals surface area (Å²) in [5, 5.41) is 29.6. The van der Waals surface area contributed by atoms with Crippen LogP contribution in [0.2, 0.25) is 0 Å². The molecule has 2 amide bonds. The normalized spacial score (nSPS) is 12.6. The summed E-state index contributed by atoms with van der Waals surface area (Å²) in [6.45, 7) is 7.24. The van der Waals surface area contributed by atoms with Crippen molar-refractivity contribution >= 4 is 22.6 Å². The van der Waals surface area contributed by atoms with Crippen LogP contribution in [0.4, 0.5) is 8.78 Å². The second-order valence-corrected chi connectivity index (χ2v) is 11.4. The zero-order chi connectivity index (χ0) is 32.5. The fourth-order valence-electron chi connectivity index (χ4n) is 5.59. The highest BCUT2D eigenvalue weighted by molar-refractivity contribution is 6.00. The summed E-state index contributed by atoms with van der Waals surface area (Å²) in [6, 6.07) is 18.1. The Kier molecular flexibility index (Phi) is 11.6. The van der Waals surface area contributed by atoms with Crippen molar-refractivity contribution in [3.8, 4) is 5.75 Å². The van der Waals surface area contributed by atoms with Gasteiger partial charge in [-0.25, -0.2) is 8.78 Å². The first-order valence-corrected chi connectivity index (χ1v) is 15.3. The summed E-state index contributed by atoms with van der Waals surface area (Å²) in [4.78, 5) is 28.6. The van der Waals surface area contributed by atoms with Gasteiger partial charge in [-0.1, -0.05) is 44.2 Å². The number of aryl methyl sites for hydroxylation is 1. The smallest absolute Gasteiger partial charge is 0.253 e. The number of nitrogens with one attached hydrogen (secondary N) is 2. The van der Waals surface area contributed by atoms with Crippen molar-refractivity contribution in [1.29, 1.82) is 0 Å². The quantitative estimate of drug-likeness (QED) is 0.142. The predicted octanol–water partition coefficient (Wildman–Crippen LogP) is 5.89. The third kappa shape index (κ3) is 8.86. The molecule has 0 spiro atoms. The SMILES string of the molecule is CCCN(CCC)C(=O)c1cc(C)cc(C(=O)N[C@@H](Cc2cc(F)cc(F)c2)[C@H](O)CNCc2c(O)ccc3ccccc23)c1. The van der Waals surface area contributed by atoms with Crippen LogP contribution in [0.25, 0.3) is 10.8 Å². The van der Waals surface area contributed by atoms with E-state index in [1.54, 1.807) is 30.0 Å². The van der Waals surface area contributed by atoms with Gasteiger partial charge < -0.3 is 25.7 Å². The van der Waals surface area contributed by atoms with E-state index in [0.29, 0.717) is 24.2 Å². The van der Waals surface area contributed by atoms with E-state index in [1.165, 1.54) is 6.07 Å². The van der Waals surface area contributed by atoms with Crippen molar-refractivity contribution in [3.63, 3.8) is 0 Å². The molecule has 0 saturated carbocycles. The van der Waals surface area contributed by atoms with Crippen LogP contribution in [0.15, 0.2) is 72.8 Å². The van der Waals surface area contributed by atoms with Crippen LogP contribution in [0.3, 0.4) is 0 Å². The summed E-state index contributed by atoms with van der Waals surface area (Å²) >= 11 is 0. The molecule has 0 aliphatic heterocycles. The number of rotatable bonds is 14. The Labute approximate surface area is 262 Å². The highest BCUT2D eigenvalue weighted by Gasteiger charge is 2.24. The van der Waals surface area contributed by atoms with Crippen LogP contribution in [-0.4, -0.2) is 58.7 Å². The number of hydrogen-bond acceptors (Lipinski definition) is 5. The minimum Gasteiger partial charge on any atom is -0.508 e. The zero-order valence-electron chi connectivity index (χ0n) is 25.9. The molecule has 0 aromatic heterocycles. The maximum atomic E-state index is 14.0. The molecule has 4 aromatic carbocycles. The van der Waals surface area contributed by atoms with Gasteiger partial charge in [0.15, 0.2) is 0 Å². The number of phenols is 1. The largest absolute Gasteiger partial charge is 0.508 e. The summed E-state index contributed by atoms with van der Waals surface area (Å²) in [6.07, 6.45) is 0.382. The summed E-state index contributed by atoms with van der Waals surface area (Å²) in [5.74, 6) is -2.11. The van der Waals surface area contributed by atoms with Crippen LogP contribution in [0, 0.1) is 18.6 Å². The van der Waals surface area contributed by atoms with Gasteiger partial charge in [-0.15, -0.1) is 0 Å². The lowest BCUT2D eigenvalue weighted by Crippen LogP contribution is -2.48. The molecular formula is C36H41F2N3O4. The Balaban J connectivity index is 1.55. The highest BCUT2D eigenvalue weighted by Crippen LogP contribution is 2.27. The number of aliphatic hydroxyl groups excluding tert-OH is 1. The Morgan fingerprint density at radius 2 is 1.56 bits per heavy atom. The Hall–Kier alpha value is -4.34. The number of aromatic hydroxyl groups is 1. The second-order valence-electron chi connectivity index (χ2n) is 11.4. The summed E-state index contributed by atoms with van der Waals surface area (Å²) in [7, 11) is 0. The molecule has 0 fully saturated rings. The molecule has 0 aliphatic rings. The molecule has 9 heteroatoms. The molecule has 0 radical (unpaired) electrons. The number of fused-ring (bicyclic) bond motifs is 1. The number of nitrogens with zero attached hydrogens (tertiary/aromatic N) is 1. The lowest BCUT2D eigenvalue weighted by atomic mass is 9.99. The number of benzene rings is 4. The number of carbonyl (C=O) groups is 2. The summed E-state index contributed by atoms with van der Waals surface area (Å²) in [5.41, 5.74) is 2.27. The predicted molar refractivity (Wildman–Crippen MR) is 172 cm³/mol. The lowest BCUT2D eigenvalue weighted by Gasteiger charge is -2.26. The van der Waals surface area contributed by atoms with Gasteiger partial charge in [-0.3, -0.25) is 9.59 Å². The number of aliphatic hydroxyl groups is 1. The molecule has 4 N–H and O–H groups in total. The first-order chi connectivity index (χ1) is 21.6. The van der Waals surface area contributed by atoms with E-state index in [0.717, 1.165) is 47.4 Å². The summed E-state index contributed by atoms with van der Waals surface area (Å²) < 4.78 is 28.1. The standard InChI is InChI=1S/C36H41F2N3O4/c1-4-12-41(13-5-2)36(45)27-15-23(3)14-26(19-27)35(44)40-32(18-24-16-28(37)20-29(38)17-24)34(43)22-39-21-31-30-9-7-6-8-25(30)10-11-33(31)42/h6-11,14-17,19-20,32,34,39,42-43H,4-5,12-13,18,21-22H2,1-3H3,(H,40,44)/t32-,34+/m0/s1. The Morgan fingerprint density at radius 1 is 0.889 bits per heavy atom. The van der Waals surface area contributed by atoms with E-state index in [4.69, 9.17) is 0 Å². The minimum atomic E-state index is -1.17. The van der Waals surface area contributed by atoms with E-state index < -0.39 is 29.7 Å². The number of carbonyl (C=O) groups excluding carboxylic acids is 2. The molecule has 0 heterocycles. The van der Waals surface area contributed by atoms with E-state index in [9.17, 15) is 28.6 Å². The van der Waals surface area contributed by atoms with Crippen LogP contribution in [0.1, 0.15) is 64.1 Å². The van der Waals surface area contributed by atoms with E-state index >= 15 is 0 Å². The first kappa shape index (κ1) is 33.6. The average molecular weight is 618 g/mol. The maximum Gasteiger partial charge on any atom is 0.253 e. The van der Waals surface area contributed by atoms with Crippen LogP contribution in [0.5, 0.6) is 5.75 Å². The van der Waals surface area contributed by atoms with Crippen molar-refractivity contribution in [2.75, 3.05) is 19.6 Å². The van der Waals surface area contributed by atoms with Crippen molar-refractivity contribution in [3.05, 3.63) is 112 Å². The van der Waals surface area contributed by atoms with Crippen molar-refractivity contribution in [2.45, 2.75) is 58.7 Å². The third-order valence-corrected chi connectivity index (χ3v) is 7.69. The molecule has 0 aliphatic carbocycles. The topological polar surface area (TPSA) is 102 Å². The molecule has 4 aromatic rings. The van der Waals surface area contributed by atoms with Crippen molar-refractivity contribution in [2.24, 2.45) is 0 Å². The van der Waals surface area contributed by atoms with Gasteiger partial charge in [0.1, 0.15) is 17.4 Å². The second kappa shape index (κ2) is 15.6. The van der Waals surface area contributed by atoms with Crippen molar-refractivity contribution in [1.82, 2.24) is 15.5 Å². The minimum absolute atomic E-state index is 0.00591. The fourth-order valence-corrected chi connectivity index (χ4v) is 5.59. The third-order valence-electron chi connectivity index (χ3n) is 7.69. The van der Waals surface area contributed by atoms with Crippen LogP contribution in [-0.2, 0) is 13.0 Å². The van der Waals surface area contributed by atoms with Crippen LogP contribution >= 0.6 is 0 Å². The fraction of sp³-hybridized carbons (Fsp3) is 0.333. The molecule has 45 heavy (non-hydrogen) atoms. The highest BCUT2D eigenvalue weighted by atomic mass is 19.1. The molecule has 238 valence electrons. The number of halogens is 2. The van der Waals surface area contributed by atoms with E-state index in [-0.39, 0.29) is 42.3 Å². The van der Waals surface area contributed by atoms with Gasteiger partial charge in [0.25, 0.3) is 11.8 Å². The maximum absolute atomic E-state index is 14.0. The monoisotopic (exact) mass is 617 g/mol.